The van der Waals surface area contributed by atoms with Crippen molar-refractivity contribution in [1.29, 1.82) is 0 Å². The number of hydrogen-bond acceptors (Lipinski definition) is 2. The van der Waals surface area contributed by atoms with Gasteiger partial charge in [0, 0.05) is 5.41 Å². The van der Waals surface area contributed by atoms with Gasteiger partial charge in [0.05, 0.1) is 6.54 Å². The Kier molecular flexibility index (Phi) is 5.34. The van der Waals surface area contributed by atoms with E-state index < -0.39 is 5.60 Å². The maximum atomic E-state index is 10.1. The minimum Gasteiger partial charge on any atom is -0.377 e. The van der Waals surface area contributed by atoms with E-state index in [-0.39, 0.29) is 5.41 Å². The predicted octanol–water partition coefficient (Wildman–Crippen LogP) is 2.13. The number of aliphatic hydroxyl groups is 1. The first-order valence-electron chi connectivity index (χ1n) is 5.69. The minimum atomic E-state index is -0.917. The third-order valence-corrected chi connectivity index (χ3v) is 2.99. The molecular formula is C13H25NO. The first-order valence-corrected chi connectivity index (χ1v) is 5.69. The smallest absolute Gasteiger partial charge is 0.127 e. The van der Waals surface area contributed by atoms with E-state index in [1.165, 1.54) is 0 Å². The number of hydrogen-bond donors (Lipinski definition) is 1. The summed E-state index contributed by atoms with van der Waals surface area (Å²) in [5.74, 6) is 6.02. The lowest BCUT2D eigenvalue weighted by Crippen LogP contribution is -2.38. The van der Waals surface area contributed by atoms with E-state index in [9.17, 15) is 5.11 Å². The molecule has 0 aromatic carbocycles. The van der Waals surface area contributed by atoms with Crippen molar-refractivity contribution in [3.63, 3.8) is 0 Å². The summed E-state index contributed by atoms with van der Waals surface area (Å²) in [4.78, 5) is 2.23. The van der Waals surface area contributed by atoms with Gasteiger partial charge >= 0.3 is 0 Å². The van der Waals surface area contributed by atoms with Crippen LogP contribution in [0.25, 0.3) is 0 Å². The molecule has 0 bridgehead atoms. The summed E-state index contributed by atoms with van der Waals surface area (Å²) < 4.78 is 0. The maximum absolute atomic E-state index is 10.1. The molecule has 1 N–H and O–H groups in total. The standard InChI is InChI=1S/C13H25NO/c1-7-14(8-2)11-9-10-13(6,15)12(3,4)5/h15H,7-8,11H2,1-6H3/t13-/m0/s1. The fourth-order valence-corrected chi connectivity index (χ4v) is 0.958. The molecule has 0 saturated heterocycles. The SMILES string of the molecule is CCN(CC)CC#C[C@](C)(O)C(C)(C)C. The van der Waals surface area contributed by atoms with Crippen LogP contribution in [0.4, 0.5) is 0 Å². The topological polar surface area (TPSA) is 23.5 Å². The first-order chi connectivity index (χ1) is 6.74. The van der Waals surface area contributed by atoms with E-state index in [0.29, 0.717) is 0 Å². The Morgan fingerprint density at radius 2 is 1.53 bits per heavy atom. The highest BCUT2D eigenvalue weighted by Gasteiger charge is 2.33. The lowest BCUT2D eigenvalue weighted by molar-refractivity contribution is 0.0127. The van der Waals surface area contributed by atoms with Crippen LogP contribution in [0.15, 0.2) is 0 Å². The van der Waals surface area contributed by atoms with Gasteiger partial charge in [0.1, 0.15) is 5.60 Å². The van der Waals surface area contributed by atoms with Gasteiger partial charge in [-0.1, -0.05) is 46.5 Å². The molecule has 15 heavy (non-hydrogen) atoms. The number of rotatable bonds is 3. The van der Waals surface area contributed by atoms with Crippen molar-refractivity contribution in [2.75, 3.05) is 19.6 Å². The molecule has 0 fully saturated rings. The van der Waals surface area contributed by atoms with Gasteiger partial charge in [-0.15, -0.1) is 0 Å². The third kappa shape index (κ3) is 4.68. The van der Waals surface area contributed by atoms with Crippen molar-refractivity contribution < 1.29 is 5.11 Å². The quantitative estimate of drug-likeness (QED) is 0.723. The van der Waals surface area contributed by atoms with Gasteiger partial charge in [0.15, 0.2) is 0 Å². The zero-order chi connectivity index (χ0) is 12.1. The lowest BCUT2D eigenvalue weighted by Gasteiger charge is -2.32. The molecular weight excluding hydrogens is 186 g/mol. The van der Waals surface area contributed by atoms with Gasteiger partial charge in [0.2, 0.25) is 0 Å². The van der Waals surface area contributed by atoms with Crippen molar-refractivity contribution in [1.82, 2.24) is 4.90 Å². The lowest BCUT2D eigenvalue weighted by atomic mass is 9.78. The van der Waals surface area contributed by atoms with Gasteiger partial charge in [-0.25, -0.2) is 0 Å². The van der Waals surface area contributed by atoms with E-state index in [1.807, 2.05) is 20.8 Å². The minimum absolute atomic E-state index is 0.205. The van der Waals surface area contributed by atoms with Crippen LogP contribution in [-0.2, 0) is 0 Å². The molecule has 2 nitrogen and oxygen atoms in total. The highest BCUT2D eigenvalue weighted by molar-refractivity contribution is 5.16. The molecule has 2 heteroatoms. The molecule has 0 aliphatic rings. The summed E-state index contributed by atoms with van der Waals surface area (Å²) in [6, 6.07) is 0. The summed E-state index contributed by atoms with van der Waals surface area (Å²) in [7, 11) is 0. The van der Waals surface area contributed by atoms with Crippen molar-refractivity contribution in [2.45, 2.75) is 47.1 Å². The Bertz CT molecular complexity index is 235. The maximum Gasteiger partial charge on any atom is 0.127 e. The molecule has 0 aliphatic heterocycles. The van der Waals surface area contributed by atoms with Crippen LogP contribution in [0.2, 0.25) is 0 Å². The van der Waals surface area contributed by atoms with E-state index in [0.717, 1.165) is 19.6 Å². The van der Waals surface area contributed by atoms with E-state index in [1.54, 1.807) is 6.92 Å². The fourth-order valence-electron chi connectivity index (χ4n) is 0.958. The summed E-state index contributed by atoms with van der Waals surface area (Å²) in [6.07, 6.45) is 0. The normalized spacial score (nSPS) is 15.7. The Labute approximate surface area is 94.7 Å². The number of nitrogens with zero attached hydrogens (tertiary/aromatic N) is 1. The molecule has 0 heterocycles. The van der Waals surface area contributed by atoms with Crippen LogP contribution in [0.5, 0.6) is 0 Å². The monoisotopic (exact) mass is 211 g/mol. The summed E-state index contributed by atoms with van der Waals surface area (Å²) in [5.41, 5.74) is -1.12. The fraction of sp³-hybridized carbons (Fsp3) is 0.846. The van der Waals surface area contributed by atoms with Crippen molar-refractivity contribution in [2.24, 2.45) is 5.41 Å². The average molecular weight is 211 g/mol. The largest absolute Gasteiger partial charge is 0.377 e. The van der Waals surface area contributed by atoms with Crippen LogP contribution in [0.1, 0.15) is 41.5 Å². The Balaban J connectivity index is 4.40. The second-order valence-electron chi connectivity index (χ2n) is 5.09. The van der Waals surface area contributed by atoms with Crippen LogP contribution < -0.4 is 0 Å². The van der Waals surface area contributed by atoms with Crippen LogP contribution in [-0.4, -0.2) is 35.2 Å². The summed E-state index contributed by atoms with van der Waals surface area (Å²) >= 11 is 0. The Morgan fingerprint density at radius 3 is 1.87 bits per heavy atom. The highest BCUT2D eigenvalue weighted by atomic mass is 16.3. The summed E-state index contributed by atoms with van der Waals surface area (Å²) in [5, 5.41) is 10.1. The van der Waals surface area contributed by atoms with E-state index >= 15 is 0 Å². The van der Waals surface area contributed by atoms with Crippen LogP contribution in [0.3, 0.4) is 0 Å². The zero-order valence-electron chi connectivity index (χ0n) is 11.0. The third-order valence-electron chi connectivity index (χ3n) is 2.99. The Morgan fingerprint density at radius 1 is 1.07 bits per heavy atom. The van der Waals surface area contributed by atoms with Crippen molar-refractivity contribution in [3.05, 3.63) is 0 Å². The second-order valence-corrected chi connectivity index (χ2v) is 5.09. The molecule has 0 unspecified atom stereocenters. The average Bonchev–Trinajstić information content (AvgIpc) is 2.10. The van der Waals surface area contributed by atoms with Gasteiger partial charge in [-0.05, 0) is 20.0 Å². The molecule has 0 rings (SSSR count). The van der Waals surface area contributed by atoms with Gasteiger partial charge in [-0.3, -0.25) is 4.90 Å². The summed E-state index contributed by atoms with van der Waals surface area (Å²) in [6.45, 7) is 14.8. The van der Waals surface area contributed by atoms with Gasteiger partial charge in [0.25, 0.3) is 0 Å². The second kappa shape index (κ2) is 5.53. The molecule has 0 aromatic heterocycles. The van der Waals surface area contributed by atoms with Gasteiger partial charge < -0.3 is 5.11 Å². The van der Waals surface area contributed by atoms with Crippen LogP contribution >= 0.6 is 0 Å². The van der Waals surface area contributed by atoms with Crippen molar-refractivity contribution in [3.8, 4) is 11.8 Å². The first kappa shape index (κ1) is 14.5. The molecule has 1 atom stereocenters. The molecule has 0 spiro atoms. The molecule has 0 saturated carbocycles. The predicted molar refractivity (Wildman–Crippen MR) is 65.6 cm³/mol. The highest BCUT2D eigenvalue weighted by Crippen LogP contribution is 2.28. The molecule has 0 amide bonds. The van der Waals surface area contributed by atoms with E-state index in [2.05, 4.69) is 30.6 Å². The van der Waals surface area contributed by atoms with Crippen LogP contribution in [0, 0.1) is 17.3 Å². The van der Waals surface area contributed by atoms with Crippen molar-refractivity contribution >= 4 is 0 Å². The zero-order valence-corrected chi connectivity index (χ0v) is 11.0. The molecule has 0 aliphatic carbocycles. The van der Waals surface area contributed by atoms with Gasteiger partial charge in [-0.2, -0.15) is 0 Å². The Hall–Kier alpha value is -0.520. The molecule has 88 valence electrons. The molecule has 0 aromatic rings. The van der Waals surface area contributed by atoms with E-state index in [4.69, 9.17) is 0 Å². The molecule has 0 radical (unpaired) electrons.